The van der Waals surface area contributed by atoms with Gasteiger partial charge in [-0.15, -0.1) is 0 Å². The number of hydrogen-bond donors (Lipinski definition) is 20. The highest BCUT2D eigenvalue weighted by Crippen LogP contribution is 2.67. The van der Waals surface area contributed by atoms with Crippen molar-refractivity contribution in [3.05, 3.63) is 59.7 Å². The second-order valence-corrected chi connectivity index (χ2v) is 36.6. The van der Waals surface area contributed by atoms with Gasteiger partial charge in [0.25, 0.3) is 0 Å². The minimum absolute atomic E-state index is 0.180. The number of esters is 4. The Kier molecular flexibility index (Phi) is 29.7. The monoisotopic (exact) mass is 1920 g/mol. The number of rotatable bonds is 21. The van der Waals surface area contributed by atoms with Crippen molar-refractivity contribution in [3.8, 4) is 11.5 Å². The van der Waals surface area contributed by atoms with Crippen molar-refractivity contribution in [3.63, 3.8) is 0 Å². The summed E-state index contributed by atoms with van der Waals surface area (Å²) in [7, 11) is 0. The molecule has 49 nitrogen and oxygen atoms in total. The summed E-state index contributed by atoms with van der Waals surface area (Å²) in [5, 5.41) is 237. The number of carbonyl (C=O) groups excluding carboxylic acids is 7. The van der Waals surface area contributed by atoms with E-state index in [0.717, 1.165) is 73.6 Å². The van der Waals surface area contributed by atoms with E-state index in [0.29, 0.717) is 19.3 Å². The molecule has 0 radical (unpaired) electrons. The molecule has 3 amide bonds. The molecule has 13 fully saturated rings. The lowest BCUT2D eigenvalue weighted by atomic mass is 9.51. The maximum atomic E-state index is 17.3. The molecule has 750 valence electrons. The largest absolute Gasteiger partial charge is 0.504 e. The second-order valence-electron chi connectivity index (χ2n) is 36.6. The number of aliphatic hydroxyl groups excluding tert-OH is 14. The number of phenolic OH excluding ortho intramolecular Hbond substituents is 2. The van der Waals surface area contributed by atoms with Crippen LogP contribution in [-0.2, 0) is 138 Å². The third kappa shape index (κ3) is 17.9. The number of nitrogens with one attached hydrogen (secondary N) is 3. The second kappa shape index (κ2) is 39.2. The Morgan fingerprint density at radius 3 is 1.66 bits per heavy atom. The average Bonchev–Trinajstić information content (AvgIpc) is 0.640. The maximum absolute atomic E-state index is 17.3. The Hall–Kier alpha value is -6.99. The number of carbonyl (C=O) groups is 7. The highest BCUT2D eigenvalue weighted by Gasteiger charge is 2.93. The molecule has 42 atom stereocenters. The molecule has 2 aromatic carbocycles. The normalized spacial score (nSPS) is 46.4. The molecular formula is C85H119N3O46. The molecule has 49 heteroatoms. The summed E-state index contributed by atoms with van der Waals surface area (Å²) in [5.74, 6) is -23.0. The van der Waals surface area contributed by atoms with E-state index in [-0.39, 0.29) is 24.0 Å². The Bertz CT molecular complexity index is 4520. The molecule has 13 aliphatic rings. The SMILES string of the molecule is CC(=O)N[C@@H]1[C@@H](O)[C@H](O)[C@@H](CO)O[C@H]1[C@]1(O)[C@@H]2OC(C)(C)OC[C@H]2OC([C@@H]2O[C@@H]3COC4(CCCCC4)O[C@H]3[C@H](O)[C@H]2O)[C@@]1(O[C@@H]1O[C@H](COC(C)=O)[C@@H](OC(C)=O)[C@H](OC(C)=O)[C@H]1NC(C)=O)[C@]1([C@]2(O[C@]3([C@@H]4O[C@H](CO)[C@@H](OC(C)=O)[C@H](O)[C@H]4O)O[C@@H]4COC(c5ccccc5)O[C@H]4[C@H](O)[C@H]3NC(C)=O)O[C@H](C)[C@@H](O)[C@H](O)[C@H]2O)O[C@@H]2COC(c3ccc(O)c(O)c3)O[C@H]2[C@H](O)[C@H]1O. The van der Waals surface area contributed by atoms with Gasteiger partial charge in [-0.05, 0) is 45.7 Å². The predicted molar refractivity (Wildman–Crippen MR) is 429 cm³/mol. The number of fused-ring (bicyclic) bond motifs is 4. The Morgan fingerprint density at radius 1 is 0.455 bits per heavy atom. The van der Waals surface area contributed by atoms with Crippen LogP contribution in [0, 0.1) is 0 Å². The van der Waals surface area contributed by atoms with Gasteiger partial charge in [-0.25, -0.2) is 0 Å². The van der Waals surface area contributed by atoms with Gasteiger partial charge < -0.3 is 207 Å². The van der Waals surface area contributed by atoms with Gasteiger partial charge in [-0.1, -0.05) is 42.8 Å². The van der Waals surface area contributed by atoms with Crippen LogP contribution >= 0.6 is 0 Å². The number of benzene rings is 2. The molecule has 12 saturated heterocycles. The number of amides is 3. The zero-order chi connectivity index (χ0) is 97.0. The van der Waals surface area contributed by atoms with E-state index < -0.39 is 366 Å². The summed E-state index contributed by atoms with van der Waals surface area (Å²) in [5.41, 5.74) is -14.3. The molecule has 134 heavy (non-hydrogen) atoms. The fourth-order valence-electron chi connectivity index (χ4n) is 21.5. The predicted octanol–water partition coefficient (Wildman–Crippen LogP) is -8.31. The number of aliphatic hydroxyl groups is 15. The summed E-state index contributed by atoms with van der Waals surface area (Å²) in [6.07, 6.45) is -86.8. The van der Waals surface area contributed by atoms with Gasteiger partial charge in [0.05, 0.1) is 51.8 Å². The van der Waals surface area contributed by atoms with Gasteiger partial charge in [0.15, 0.2) is 77.1 Å². The molecule has 20 N–H and O–H groups in total. The number of ether oxygens (including phenoxy) is 22. The molecular weight excluding hydrogens is 1800 g/mol. The van der Waals surface area contributed by atoms with Crippen LogP contribution < -0.4 is 16.0 Å². The van der Waals surface area contributed by atoms with Crippen molar-refractivity contribution in [1.82, 2.24) is 16.0 Å². The summed E-state index contributed by atoms with van der Waals surface area (Å²) in [4.78, 5) is 99.4. The Morgan fingerprint density at radius 2 is 1.04 bits per heavy atom. The van der Waals surface area contributed by atoms with Gasteiger partial charge in [-0.3, -0.25) is 33.6 Å². The first-order chi connectivity index (χ1) is 63.3. The van der Waals surface area contributed by atoms with Crippen LogP contribution in [0.15, 0.2) is 48.5 Å². The standard InChI is InChI=1S/C85H119N3O46/c1-31-52(100)58(106)71(111)85(128-31,134-82(74-59(107)57(105)62(118-36(6)95)44(25-90)123-74)69(88-34(4)93)60(108)63-47(129-82)27-114-76(126-63)39-17-13-11-14-18-39)83(70(110)61(109)64-48(130-83)28-115-77(127-64)40-19-20-41(98)42(99)23-40)84(133-78-51(87-33(3)92)67(120-38(8)97)66(119-37(7)96)45(125-78)26-113-35(5)94)75(68-56(104)55(103)65-46(121-68)29-117-80(131-65)21-15-12-16-22-80)124-49-30-116-79(9,10)132-72(49)81(84,112)73-50(86-32(2)91)54(102)53(101)43(24-89)122-73/h11,13-14,17-20,23,31,43-78,89-90,98-112H,12,15-16,21-22,24-30H2,1-10H3,(H,86,91)(H,87,92)(H,88,93)/t31-,43-,44-,45-,46-,47-,48-,49-,50-,51-,52-,53-,54-,55-,56-,57-,58+,59-,60+,61+,62-,63-,64-,65-,66-,67-,68-,69-,70-,71-,72-,73-,74-,75?,76?,77?,78+,81-,82-,83-,84+,85+/m1/s1. The van der Waals surface area contributed by atoms with Crippen molar-refractivity contribution < 1.29 is 225 Å². The highest BCUT2D eigenvalue weighted by atomic mass is 16.9. The zero-order valence-electron chi connectivity index (χ0n) is 74.4. The fourth-order valence-corrected chi connectivity index (χ4v) is 21.5. The molecule has 1 aliphatic carbocycles. The lowest BCUT2D eigenvalue weighted by molar-refractivity contribution is -0.563. The van der Waals surface area contributed by atoms with Crippen LogP contribution in [-0.4, -0.2) is 428 Å². The fraction of sp³-hybridized carbons (Fsp3) is 0.776. The van der Waals surface area contributed by atoms with E-state index in [1.807, 2.05) is 0 Å². The third-order valence-electron chi connectivity index (χ3n) is 27.2. The summed E-state index contributed by atoms with van der Waals surface area (Å²) >= 11 is 0. The number of phenols is 2. The molecule has 3 unspecified atom stereocenters. The summed E-state index contributed by atoms with van der Waals surface area (Å²) < 4.78 is 150. The van der Waals surface area contributed by atoms with Crippen molar-refractivity contribution in [1.29, 1.82) is 0 Å². The van der Waals surface area contributed by atoms with Crippen LogP contribution in [0.2, 0.25) is 0 Å². The molecule has 0 bridgehead atoms. The molecule has 1 spiro atoms. The van der Waals surface area contributed by atoms with E-state index in [9.17, 15) is 105 Å². The number of aromatic hydroxyl groups is 2. The minimum atomic E-state index is -4.93. The first-order valence-corrected chi connectivity index (χ1v) is 44.3. The Balaban J connectivity index is 1.16. The van der Waals surface area contributed by atoms with Gasteiger partial charge in [0.1, 0.15) is 183 Å². The van der Waals surface area contributed by atoms with Crippen molar-refractivity contribution in [2.45, 2.75) is 368 Å². The van der Waals surface area contributed by atoms with Crippen LogP contribution in [0.3, 0.4) is 0 Å². The van der Waals surface area contributed by atoms with Crippen LogP contribution in [0.4, 0.5) is 0 Å². The molecule has 0 aromatic heterocycles. The summed E-state index contributed by atoms with van der Waals surface area (Å²) in [6.45, 7) is 1.16. The maximum Gasteiger partial charge on any atom is 0.303 e. The molecule has 2 aromatic rings. The number of hydrogen-bond acceptors (Lipinski definition) is 46. The molecule has 12 aliphatic heterocycles. The quantitative estimate of drug-likeness (QED) is 0.0314. The van der Waals surface area contributed by atoms with Crippen LogP contribution in [0.5, 0.6) is 11.5 Å². The smallest absolute Gasteiger partial charge is 0.303 e. The highest BCUT2D eigenvalue weighted by molar-refractivity contribution is 5.75. The van der Waals surface area contributed by atoms with E-state index in [1.165, 1.54) is 26.0 Å². The topological polar surface area (TPSA) is 703 Å². The first kappa shape index (κ1) is 101. The first-order valence-electron chi connectivity index (χ1n) is 44.3. The van der Waals surface area contributed by atoms with Crippen LogP contribution in [0.1, 0.15) is 125 Å². The minimum Gasteiger partial charge on any atom is -0.504 e. The third-order valence-corrected chi connectivity index (χ3v) is 27.2. The van der Waals surface area contributed by atoms with Gasteiger partial charge in [0.2, 0.25) is 29.3 Å². The van der Waals surface area contributed by atoms with Crippen molar-refractivity contribution in [2.24, 2.45) is 0 Å². The van der Waals surface area contributed by atoms with E-state index in [4.69, 9.17) is 104 Å². The molecule has 15 rings (SSSR count). The van der Waals surface area contributed by atoms with Gasteiger partial charge in [-0.2, -0.15) is 0 Å². The average molecular weight is 1920 g/mol. The lowest BCUT2D eigenvalue weighted by Gasteiger charge is -2.75. The van der Waals surface area contributed by atoms with Gasteiger partial charge >= 0.3 is 23.9 Å². The van der Waals surface area contributed by atoms with E-state index >= 15 is 15.3 Å². The van der Waals surface area contributed by atoms with Gasteiger partial charge in [0, 0.05) is 72.4 Å². The zero-order valence-corrected chi connectivity index (χ0v) is 74.4. The summed E-state index contributed by atoms with van der Waals surface area (Å²) in [6, 6.07) is 2.77. The van der Waals surface area contributed by atoms with E-state index in [1.54, 1.807) is 18.2 Å². The van der Waals surface area contributed by atoms with Crippen molar-refractivity contribution in [2.75, 3.05) is 46.2 Å². The van der Waals surface area contributed by atoms with E-state index in [2.05, 4.69) is 16.0 Å². The lowest BCUT2D eigenvalue weighted by Crippen LogP contribution is -2.99. The Labute approximate surface area is 764 Å². The molecule has 12 heterocycles. The molecule has 1 saturated carbocycles. The van der Waals surface area contributed by atoms with Crippen molar-refractivity contribution >= 4 is 41.6 Å². The van der Waals surface area contributed by atoms with Crippen LogP contribution in [0.25, 0.3) is 0 Å².